The smallest absolute Gasteiger partial charge is 0.238 e. The molecule has 0 aromatic carbocycles. The highest BCUT2D eigenvalue weighted by atomic mass is 16.7. The van der Waals surface area contributed by atoms with Gasteiger partial charge in [-0.1, -0.05) is 42.4 Å². The molecule has 2 saturated heterocycles. The number of allylic oxidation sites excluding steroid dienone is 5. The lowest BCUT2D eigenvalue weighted by Gasteiger charge is -2.42. The van der Waals surface area contributed by atoms with Crippen LogP contribution in [0.1, 0.15) is 52.3 Å². The van der Waals surface area contributed by atoms with Gasteiger partial charge in [0.2, 0.25) is 17.1 Å². The second-order valence-electron chi connectivity index (χ2n) is 11.5. The lowest BCUT2D eigenvalue weighted by atomic mass is 9.89. The molecule has 236 valence electrons. The third-order valence-electron chi connectivity index (χ3n) is 8.23. The summed E-state index contributed by atoms with van der Waals surface area (Å²) in [7, 11) is 2.92. The number of methoxy groups -OCH3 is 2. The van der Waals surface area contributed by atoms with Crippen molar-refractivity contribution in [2.45, 2.75) is 103 Å². The number of aromatic nitrogens is 1. The normalized spacial score (nSPS) is 31.7. The number of H-pyrrole nitrogens is 1. The quantitative estimate of drug-likeness (QED) is 0.130. The predicted octanol–water partition coefficient (Wildman–Crippen LogP) is 2.08. The van der Waals surface area contributed by atoms with Crippen LogP contribution < -0.4 is 14.9 Å². The van der Waals surface area contributed by atoms with Crippen LogP contribution in [-0.4, -0.2) is 94.8 Å². The SMILES string of the molecule is COc1[nH]c(C/C=C(\C)C/C=C/C(C)=C/[C@@H](C)[C@@H](O[C@@H]2O[C@H](CO)[C@@H](O)[C@H](O)[C@H]2O)[C@]2(C)O[C@H]2C)c(C)c(=O)c1OC. The highest BCUT2D eigenvalue weighted by Crippen LogP contribution is 2.44. The van der Waals surface area contributed by atoms with Crippen molar-refractivity contribution in [2.75, 3.05) is 20.8 Å². The number of hydrogen-bond donors (Lipinski definition) is 5. The number of hydrogen-bond acceptors (Lipinski definition) is 10. The molecule has 0 unspecified atom stereocenters. The number of aliphatic hydroxyl groups excluding tert-OH is 4. The van der Waals surface area contributed by atoms with E-state index in [4.69, 9.17) is 23.7 Å². The minimum atomic E-state index is -1.52. The van der Waals surface area contributed by atoms with Gasteiger partial charge < -0.3 is 49.1 Å². The van der Waals surface area contributed by atoms with E-state index in [1.54, 1.807) is 6.92 Å². The van der Waals surface area contributed by atoms with Crippen LogP contribution in [0.5, 0.6) is 11.6 Å². The van der Waals surface area contributed by atoms with Crippen LogP contribution in [0, 0.1) is 12.8 Å². The third-order valence-corrected chi connectivity index (χ3v) is 8.23. The third kappa shape index (κ3) is 7.52. The Labute approximate surface area is 247 Å². The van der Waals surface area contributed by atoms with Gasteiger partial charge in [0.05, 0.1) is 33.0 Å². The van der Waals surface area contributed by atoms with E-state index in [-0.39, 0.29) is 23.2 Å². The first kappa shape index (κ1) is 34.0. The molecule has 1 aromatic heterocycles. The topological polar surface area (TPSA) is 163 Å². The van der Waals surface area contributed by atoms with Gasteiger partial charge >= 0.3 is 0 Å². The average Bonchev–Trinajstić information content (AvgIpc) is 3.57. The first-order valence-corrected chi connectivity index (χ1v) is 14.3. The molecule has 9 atom stereocenters. The van der Waals surface area contributed by atoms with E-state index < -0.39 is 49.0 Å². The van der Waals surface area contributed by atoms with Crippen molar-refractivity contribution in [1.82, 2.24) is 4.98 Å². The van der Waals surface area contributed by atoms with E-state index in [1.807, 2.05) is 46.8 Å². The molecule has 2 fully saturated rings. The highest BCUT2D eigenvalue weighted by molar-refractivity contribution is 5.40. The molecular formula is C31H47NO10. The lowest BCUT2D eigenvalue weighted by molar-refractivity contribution is -0.317. The van der Waals surface area contributed by atoms with E-state index in [0.717, 1.165) is 16.8 Å². The Balaban J connectivity index is 1.67. The summed E-state index contributed by atoms with van der Waals surface area (Å²) in [6, 6.07) is 0. The Morgan fingerprint density at radius 2 is 1.81 bits per heavy atom. The summed E-state index contributed by atoms with van der Waals surface area (Å²) < 4.78 is 28.1. The molecule has 1 aromatic rings. The van der Waals surface area contributed by atoms with Gasteiger partial charge in [-0.15, -0.1) is 0 Å². The second-order valence-corrected chi connectivity index (χ2v) is 11.5. The second kappa shape index (κ2) is 14.3. The van der Waals surface area contributed by atoms with Crippen LogP contribution in [0.15, 0.2) is 40.2 Å². The maximum absolute atomic E-state index is 12.6. The summed E-state index contributed by atoms with van der Waals surface area (Å²) in [6.45, 7) is 11.1. The molecule has 0 bridgehead atoms. The summed E-state index contributed by atoms with van der Waals surface area (Å²) in [4.78, 5) is 15.7. The van der Waals surface area contributed by atoms with Gasteiger partial charge in [-0.25, -0.2) is 0 Å². The van der Waals surface area contributed by atoms with Crippen molar-refractivity contribution in [3.05, 3.63) is 56.9 Å². The van der Waals surface area contributed by atoms with Crippen LogP contribution in [0.4, 0.5) is 0 Å². The van der Waals surface area contributed by atoms with Gasteiger partial charge in [-0.3, -0.25) is 4.79 Å². The summed E-state index contributed by atoms with van der Waals surface area (Å²) in [6.07, 6.45) is 2.04. The Bertz CT molecular complexity index is 1220. The molecule has 3 heterocycles. The van der Waals surface area contributed by atoms with Crippen LogP contribution in [0.2, 0.25) is 0 Å². The van der Waals surface area contributed by atoms with Crippen LogP contribution in [0.3, 0.4) is 0 Å². The molecule has 0 amide bonds. The molecule has 0 radical (unpaired) electrons. The minimum absolute atomic E-state index is 0.0869. The predicted molar refractivity (Wildman–Crippen MR) is 157 cm³/mol. The van der Waals surface area contributed by atoms with Crippen molar-refractivity contribution in [1.29, 1.82) is 0 Å². The Morgan fingerprint density at radius 3 is 2.38 bits per heavy atom. The highest BCUT2D eigenvalue weighted by Gasteiger charge is 2.58. The standard InChI is InChI=1S/C31H47NO10/c1-16(12-13-21-19(4)23(34)27(38-7)29(32-21)39-8)10-9-11-17(2)14-18(3)28(31(6)20(5)42-31)41-30-26(37)25(36)24(35)22(15-33)40-30/h9,11-12,14,18,20,22,24-26,28,30,33,35-37H,10,13,15H2,1-8H3,(H,32,34)/b11-9+,16-12+,17-14+/t18-,20+,22-,24-,25+,26-,28-,30+,31-/m1/s1. The van der Waals surface area contributed by atoms with Gasteiger partial charge in [0.25, 0.3) is 0 Å². The van der Waals surface area contributed by atoms with Crippen molar-refractivity contribution in [3.63, 3.8) is 0 Å². The molecule has 0 saturated carbocycles. The fourth-order valence-corrected chi connectivity index (χ4v) is 5.33. The zero-order chi connectivity index (χ0) is 31.4. The first-order valence-electron chi connectivity index (χ1n) is 14.3. The fourth-order valence-electron chi connectivity index (χ4n) is 5.33. The van der Waals surface area contributed by atoms with Crippen molar-refractivity contribution >= 4 is 0 Å². The van der Waals surface area contributed by atoms with Gasteiger partial charge in [-0.2, -0.15) is 0 Å². The zero-order valence-corrected chi connectivity index (χ0v) is 25.8. The molecule has 0 aliphatic carbocycles. The monoisotopic (exact) mass is 593 g/mol. The van der Waals surface area contributed by atoms with Crippen LogP contribution >= 0.6 is 0 Å². The maximum atomic E-state index is 12.6. The molecule has 3 rings (SSSR count). The number of pyridine rings is 1. The molecule has 2 aliphatic rings. The van der Waals surface area contributed by atoms with Gasteiger partial charge in [0.1, 0.15) is 30.0 Å². The molecule has 42 heavy (non-hydrogen) atoms. The lowest BCUT2D eigenvalue weighted by Crippen LogP contribution is -2.60. The molecule has 5 N–H and O–H groups in total. The van der Waals surface area contributed by atoms with Crippen LogP contribution in [-0.2, 0) is 20.6 Å². The van der Waals surface area contributed by atoms with Gasteiger partial charge in [-0.05, 0) is 41.0 Å². The fraction of sp³-hybridized carbons (Fsp3) is 0.645. The molecule has 11 heteroatoms. The van der Waals surface area contributed by atoms with E-state index in [0.29, 0.717) is 24.3 Å². The zero-order valence-electron chi connectivity index (χ0n) is 25.8. The molecule has 2 aliphatic heterocycles. The number of epoxide rings is 1. The maximum Gasteiger partial charge on any atom is 0.238 e. The Hall–Kier alpha value is -2.51. The Kier molecular flexibility index (Phi) is 11.6. The van der Waals surface area contributed by atoms with Crippen molar-refractivity contribution in [3.8, 4) is 11.6 Å². The number of aliphatic hydroxyl groups is 4. The average molecular weight is 594 g/mol. The summed E-state index contributed by atoms with van der Waals surface area (Å²) >= 11 is 0. The summed E-state index contributed by atoms with van der Waals surface area (Å²) in [5.41, 5.74) is 2.64. The van der Waals surface area contributed by atoms with E-state index >= 15 is 0 Å². The minimum Gasteiger partial charge on any atom is -0.488 e. The number of aromatic amines is 1. The summed E-state index contributed by atoms with van der Waals surface area (Å²) in [5.74, 6) is 0.299. The van der Waals surface area contributed by atoms with E-state index in [2.05, 4.69) is 17.1 Å². The number of nitrogens with one attached hydrogen (secondary N) is 1. The van der Waals surface area contributed by atoms with Crippen molar-refractivity contribution in [2.24, 2.45) is 5.92 Å². The number of ether oxygens (including phenoxy) is 5. The van der Waals surface area contributed by atoms with Gasteiger partial charge in [0.15, 0.2) is 6.29 Å². The molecule has 0 spiro atoms. The number of rotatable bonds is 13. The largest absolute Gasteiger partial charge is 0.488 e. The Morgan fingerprint density at radius 1 is 1.14 bits per heavy atom. The van der Waals surface area contributed by atoms with E-state index in [9.17, 15) is 25.2 Å². The van der Waals surface area contributed by atoms with Crippen LogP contribution in [0.25, 0.3) is 0 Å². The summed E-state index contributed by atoms with van der Waals surface area (Å²) in [5, 5.41) is 40.3. The first-order chi connectivity index (χ1) is 19.8. The van der Waals surface area contributed by atoms with Gasteiger partial charge in [0, 0.05) is 23.6 Å². The van der Waals surface area contributed by atoms with E-state index in [1.165, 1.54) is 14.2 Å². The molecular weight excluding hydrogens is 546 g/mol. The van der Waals surface area contributed by atoms with Crippen molar-refractivity contribution < 1.29 is 44.1 Å². The molecule has 11 nitrogen and oxygen atoms in total.